The minimum atomic E-state index is -4.43. The topological polar surface area (TPSA) is 63.4 Å². The smallest absolute Gasteiger partial charge is 0.334 e. The molecule has 0 radical (unpaired) electrons. The molecule has 1 atom stereocenters. The van der Waals surface area contributed by atoms with Crippen molar-refractivity contribution in [3.8, 4) is 0 Å². The van der Waals surface area contributed by atoms with Crippen LogP contribution >= 0.6 is 0 Å². The highest BCUT2D eigenvalue weighted by Gasteiger charge is 2.33. The molecular formula is C28H32F3N5O. The highest BCUT2D eigenvalue weighted by molar-refractivity contribution is 5.82. The number of hydrogen-bond acceptors (Lipinski definition) is 4. The van der Waals surface area contributed by atoms with Gasteiger partial charge in [-0.15, -0.1) is 0 Å². The number of pyridine rings is 1. The molecule has 4 rings (SSSR count). The number of halogens is 3. The van der Waals surface area contributed by atoms with Gasteiger partial charge in [-0.1, -0.05) is 18.2 Å². The second kappa shape index (κ2) is 9.43. The van der Waals surface area contributed by atoms with Crippen LogP contribution in [-0.4, -0.2) is 37.4 Å². The highest BCUT2D eigenvalue weighted by Crippen LogP contribution is 2.35. The zero-order chi connectivity index (χ0) is 27.3. The molecule has 1 aliphatic rings. The van der Waals surface area contributed by atoms with Crippen molar-refractivity contribution in [2.75, 3.05) is 6.54 Å². The first-order valence-electron chi connectivity index (χ1n) is 12.2. The van der Waals surface area contributed by atoms with Gasteiger partial charge in [0.25, 0.3) is 0 Å². The van der Waals surface area contributed by atoms with Crippen molar-refractivity contribution in [1.29, 1.82) is 0 Å². The molecule has 6 nitrogen and oxygen atoms in total. The summed E-state index contributed by atoms with van der Waals surface area (Å²) >= 11 is 0. The number of alkyl halides is 3. The van der Waals surface area contributed by atoms with Gasteiger partial charge in [0.15, 0.2) is 5.49 Å². The first kappa shape index (κ1) is 26.6. The van der Waals surface area contributed by atoms with Gasteiger partial charge in [0.05, 0.1) is 34.6 Å². The predicted molar refractivity (Wildman–Crippen MR) is 137 cm³/mol. The fourth-order valence-corrected chi connectivity index (χ4v) is 5.16. The van der Waals surface area contributed by atoms with E-state index in [1.807, 2.05) is 43.4 Å². The van der Waals surface area contributed by atoms with Crippen LogP contribution in [0.2, 0.25) is 0 Å². The van der Waals surface area contributed by atoms with Crippen LogP contribution in [0.4, 0.5) is 13.2 Å². The third kappa shape index (κ3) is 5.04. The maximum atomic E-state index is 13.5. The van der Waals surface area contributed by atoms with E-state index in [0.29, 0.717) is 29.8 Å². The lowest BCUT2D eigenvalue weighted by Gasteiger charge is -2.40. The number of rotatable bonds is 3. The molecule has 196 valence electrons. The molecule has 0 N–H and O–H groups in total. The summed E-state index contributed by atoms with van der Waals surface area (Å²) in [6.07, 6.45) is 0.0873. The number of fused-ring (bicyclic) bond motifs is 1. The van der Waals surface area contributed by atoms with Crippen LogP contribution in [0.1, 0.15) is 68.4 Å². The summed E-state index contributed by atoms with van der Waals surface area (Å²) in [4.78, 5) is 28.1. The molecule has 0 spiro atoms. The molecule has 0 saturated heterocycles. The minimum absolute atomic E-state index is 0.0263. The van der Waals surface area contributed by atoms with E-state index in [2.05, 4.69) is 6.08 Å². The van der Waals surface area contributed by atoms with Gasteiger partial charge in [0.1, 0.15) is 5.82 Å². The van der Waals surface area contributed by atoms with Crippen LogP contribution in [0.3, 0.4) is 0 Å². The van der Waals surface area contributed by atoms with Crippen molar-refractivity contribution in [3.63, 3.8) is 0 Å². The summed E-state index contributed by atoms with van der Waals surface area (Å²) in [5.41, 5.74) is 2.65. The van der Waals surface area contributed by atoms with E-state index in [1.165, 1.54) is 13.0 Å². The van der Waals surface area contributed by atoms with Gasteiger partial charge < -0.3 is 9.47 Å². The van der Waals surface area contributed by atoms with Gasteiger partial charge in [-0.05, 0) is 69.9 Å². The van der Waals surface area contributed by atoms with Crippen molar-refractivity contribution < 1.29 is 18.0 Å². The van der Waals surface area contributed by atoms with Gasteiger partial charge in [-0.3, -0.25) is 14.8 Å². The molecule has 1 aliphatic heterocycles. The number of aromatic nitrogens is 3. The number of carbonyl (C=O) groups is 1. The second-order valence-electron chi connectivity index (χ2n) is 10.2. The number of nitrogens with zero attached hydrogens (tertiary/aromatic N) is 5. The van der Waals surface area contributed by atoms with Crippen LogP contribution in [0, 0.1) is 13.8 Å². The molecule has 1 amide bonds. The zero-order valence-electron chi connectivity index (χ0n) is 22.2. The molecule has 0 bridgehead atoms. The van der Waals surface area contributed by atoms with Crippen molar-refractivity contribution in [2.45, 2.75) is 65.7 Å². The lowest BCUT2D eigenvalue weighted by atomic mass is 9.90. The maximum Gasteiger partial charge on any atom is 0.416 e. The zero-order valence-corrected chi connectivity index (χ0v) is 22.2. The fraction of sp³-hybridized carbons (Fsp3) is 0.429. The predicted octanol–water partition coefficient (Wildman–Crippen LogP) is 5.68. The van der Waals surface area contributed by atoms with Crippen molar-refractivity contribution >= 4 is 22.4 Å². The van der Waals surface area contributed by atoms with Gasteiger partial charge >= 0.3 is 6.18 Å². The van der Waals surface area contributed by atoms with E-state index in [1.54, 1.807) is 26.1 Å². The van der Waals surface area contributed by atoms with E-state index in [-0.39, 0.29) is 11.5 Å². The van der Waals surface area contributed by atoms with Crippen LogP contribution in [0.15, 0.2) is 41.5 Å². The van der Waals surface area contributed by atoms with Crippen molar-refractivity contribution in [3.05, 3.63) is 70.2 Å². The lowest BCUT2D eigenvalue weighted by molar-refractivity contribution is -0.138. The third-order valence-electron chi connectivity index (χ3n) is 7.22. The first-order chi connectivity index (χ1) is 17.2. The molecule has 0 saturated carbocycles. The van der Waals surface area contributed by atoms with Crippen LogP contribution < -0.4 is 5.49 Å². The molecule has 9 heteroatoms. The average molecular weight is 512 g/mol. The number of carbonyl (C=O) groups excluding carboxylic acids is 1. The lowest BCUT2D eigenvalue weighted by Crippen LogP contribution is -2.48. The normalized spacial score (nSPS) is 17.2. The Hall–Kier alpha value is -3.49. The van der Waals surface area contributed by atoms with Gasteiger partial charge in [-0.25, -0.2) is 4.98 Å². The standard InChI is InChI=1S/C28H32F3N5O/c1-16-21(9-8-10-23(16)28(29,30)31)17(2)33-26-22-13-24(32-15-25(22)35(7)18(3)34-26)20-11-12-36(19(4)37)27(5,6)14-20/h8-10,13-15,17H,11-12H2,1-7H3. The SMILES string of the molecule is CC(=O)N1CCC(c2cc3c(=NC(C)c4cccc(C(F)(F)F)c4C)nc(C)n(C)c3cn2)=CC1(C)C. The molecule has 0 aliphatic carbocycles. The second-order valence-corrected chi connectivity index (χ2v) is 10.2. The van der Waals surface area contributed by atoms with Crippen molar-refractivity contribution in [1.82, 2.24) is 19.4 Å². The number of hydrogen-bond donors (Lipinski definition) is 0. The first-order valence-corrected chi connectivity index (χ1v) is 12.2. The van der Waals surface area contributed by atoms with Crippen molar-refractivity contribution in [2.24, 2.45) is 12.0 Å². The van der Waals surface area contributed by atoms with E-state index >= 15 is 0 Å². The average Bonchev–Trinajstić information content (AvgIpc) is 2.80. The molecule has 0 fully saturated rings. The summed E-state index contributed by atoms with van der Waals surface area (Å²) in [7, 11) is 1.89. The summed E-state index contributed by atoms with van der Waals surface area (Å²) in [5.74, 6) is 0.738. The van der Waals surface area contributed by atoms with Crippen LogP contribution in [0.25, 0.3) is 16.5 Å². The van der Waals surface area contributed by atoms with E-state index < -0.39 is 23.3 Å². The summed E-state index contributed by atoms with van der Waals surface area (Å²) in [6, 6.07) is 5.59. The third-order valence-corrected chi connectivity index (χ3v) is 7.22. The molecule has 2 aromatic heterocycles. The maximum absolute atomic E-state index is 13.5. The Morgan fingerprint density at radius 2 is 1.92 bits per heavy atom. The van der Waals surface area contributed by atoms with Crippen LogP contribution in [-0.2, 0) is 18.0 Å². The number of amides is 1. The Balaban J connectivity index is 1.86. The Labute approximate surface area is 214 Å². The largest absolute Gasteiger partial charge is 0.416 e. The van der Waals surface area contributed by atoms with E-state index in [0.717, 1.165) is 28.2 Å². The highest BCUT2D eigenvalue weighted by atomic mass is 19.4. The molecule has 37 heavy (non-hydrogen) atoms. The van der Waals surface area contributed by atoms with Gasteiger partial charge in [0.2, 0.25) is 5.91 Å². The minimum Gasteiger partial charge on any atom is -0.334 e. The van der Waals surface area contributed by atoms with E-state index in [4.69, 9.17) is 15.0 Å². The summed E-state index contributed by atoms with van der Waals surface area (Å²) in [6.45, 7) is 11.3. The molecule has 1 aromatic carbocycles. The van der Waals surface area contributed by atoms with Crippen LogP contribution in [0.5, 0.6) is 0 Å². The molecular weight excluding hydrogens is 479 g/mol. The van der Waals surface area contributed by atoms with Gasteiger partial charge in [-0.2, -0.15) is 13.2 Å². The molecule has 1 unspecified atom stereocenters. The molecule has 3 heterocycles. The monoisotopic (exact) mass is 511 g/mol. The summed E-state index contributed by atoms with van der Waals surface area (Å²) in [5, 5.41) is 0.766. The Morgan fingerprint density at radius 3 is 2.54 bits per heavy atom. The van der Waals surface area contributed by atoms with E-state index in [9.17, 15) is 18.0 Å². The molecule has 3 aromatic rings. The van der Waals surface area contributed by atoms with Gasteiger partial charge in [0, 0.05) is 25.9 Å². The Morgan fingerprint density at radius 1 is 1.22 bits per heavy atom. The summed E-state index contributed by atoms with van der Waals surface area (Å²) < 4.78 is 42.4. The quantitative estimate of drug-likeness (QED) is 0.455. The Kier molecular flexibility index (Phi) is 6.77. The number of aryl methyl sites for hydroxylation is 2. The number of benzene rings is 1. The Bertz CT molecular complexity index is 1480. The fourth-order valence-electron chi connectivity index (χ4n) is 5.16.